The fourth-order valence-electron chi connectivity index (χ4n) is 2.58. The van der Waals surface area contributed by atoms with Crippen LogP contribution in [0.1, 0.15) is 31.7 Å². The molecule has 2 N–H and O–H groups in total. The van der Waals surface area contributed by atoms with Crippen LogP contribution in [0.4, 0.5) is 4.79 Å². The van der Waals surface area contributed by atoms with Crippen LogP contribution >= 0.6 is 0 Å². The van der Waals surface area contributed by atoms with Crippen LogP contribution in [-0.2, 0) is 11.3 Å². The molecule has 1 aromatic rings. The molecular formula is C13H18N2O4. The van der Waals surface area contributed by atoms with Gasteiger partial charge in [-0.25, -0.2) is 9.59 Å². The molecule has 2 heterocycles. The van der Waals surface area contributed by atoms with E-state index in [1.165, 1.54) is 11.2 Å². The molecule has 2 amide bonds. The second kappa shape index (κ2) is 5.34. The number of carboxylic acids is 1. The van der Waals surface area contributed by atoms with Gasteiger partial charge in [-0.1, -0.05) is 6.92 Å². The number of carbonyl (C=O) groups is 2. The van der Waals surface area contributed by atoms with Crippen molar-refractivity contribution in [2.45, 2.75) is 38.3 Å². The summed E-state index contributed by atoms with van der Waals surface area (Å²) in [7, 11) is 0. The Morgan fingerprint density at radius 3 is 2.95 bits per heavy atom. The van der Waals surface area contributed by atoms with Crippen molar-refractivity contribution in [2.24, 2.45) is 0 Å². The Morgan fingerprint density at radius 2 is 2.37 bits per heavy atom. The number of carboxylic acid groups (broad SMARTS) is 1. The van der Waals surface area contributed by atoms with Gasteiger partial charge < -0.3 is 19.7 Å². The van der Waals surface area contributed by atoms with E-state index in [0.29, 0.717) is 25.9 Å². The maximum atomic E-state index is 12.1. The van der Waals surface area contributed by atoms with Gasteiger partial charge in [-0.15, -0.1) is 0 Å². The molecule has 6 heteroatoms. The second-order valence-corrected chi connectivity index (χ2v) is 4.74. The number of amides is 2. The Bertz CT molecular complexity index is 457. The number of urea groups is 1. The molecule has 1 atom stereocenters. The van der Waals surface area contributed by atoms with E-state index in [4.69, 9.17) is 4.42 Å². The lowest BCUT2D eigenvalue weighted by Crippen LogP contribution is -2.55. The summed E-state index contributed by atoms with van der Waals surface area (Å²) in [4.78, 5) is 25.0. The molecule has 0 bridgehead atoms. The van der Waals surface area contributed by atoms with Gasteiger partial charge in [0.05, 0.1) is 12.5 Å². The van der Waals surface area contributed by atoms with Crippen LogP contribution in [0.25, 0.3) is 0 Å². The van der Waals surface area contributed by atoms with Gasteiger partial charge in [0.1, 0.15) is 5.54 Å². The summed E-state index contributed by atoms with van der Waals surface area (Å²) < 4.78 is 4.91. The summed E-state index contributed by atoms with van der Waals surface area (Å²) in [6.07, 6.45) is 4.73. The SMILES string of the molecule is CCC1(C(=O)O)CCCN1C(=O)NCc1ccoc1. The summed E-state index contributed by atoms with van der Waals surface area (Å²) >= 11 is 0. The number of nitrogens with zero attached hydrogens (tertiary/aromatic N) is 1. The highest BCUT2D eigenvalue weighted by atomic mass is 16.4. The standard InChI is InChI=1S/C13H18N2O4/c1-2-13(11(16)17)5-3-6-15(13)12(18)14-8-10-4-7-19-9-10/h4,7,9H,2-3,5-6,8H2,1H3,(H,14,18)(H,16,17). The quantitative estimate of drug-likeness (QED) is 0.870. The first-order chi connectivity index (χ1) is 9.10. The van der Waals surface area contributed by atoms with E-state index in [2.05, 4.69) is 5.32 Å². The molecule has 0 aliphatic carbocycles. The van der Waals surface area contributed by atoms with Crippen LogP contribution in [0.15, 0.2) is 23.0 Å². The van der Waals surface area contributed by atoms with E-state index in [1.807, 2.05) is 0 Å². The molecule has 0 spiro atoms. The number of likely N-dealkylation sites (tertiary alicyclic amines) is 1. The smallest absolute Gasteiger partial charge is 0.329 e. The van der Waals surface area contributed by atoms with E-state index in [0.717, 1.165) is 12.0 Å². The van der Waals surface area contributed by atoms with Gasteiger partial charge in [-0.2, -0.15) is 0 Å². The van der Waals surface area contributed by atoms with Crippen molar-refractivity contribution in [3.05, 3.63) is 24.2 Å². The van der Waals surface area contributed by atoms with Gasteiger partial charge in [0.25, 0.3) is 0 Å². The number of carbonyl (C=O) groups excluding carboxylic acids is 1. The number of rotatable bonds is 4. The van der Waals surface area contributed by atoms with Crippen molar-refractivity contribution < 1.29 is 19.1 Å². The van der Waals surface area contributed by atoms with Gasteiger partial charge in [0, 0.05) is 18.7 Å². The molecule has 1 unspecified atom stereocenters. The van der Waals surface area contributed by atoms with Crippen LogP contribution in [-0.4, -0.2) is 34.1 Å². The van der Waals surface area contributed by atoms with E-state index < -0.39 is 11.5 Å². The first-order valence-corrected chi connectivity index (χ1v) is 6.40. The maximum Gasteiger partial charge on any atom is 0.329 e. The average Bonchev–Trinajstić information content (AvgIpc) is 3.05. The summed E-state index contributed by atoms with van der Waals surface area (Å²) in [5.74, 6) is -0.925. The number of furan rings is 1. The number of aliphatic carboxylic acids is 1. The van der Waals surface area contributed by atoms with Gasteiger partial charge in [0.15, 0.2) is 0 Å². The van der Waals surface area contributed by atoms with Crippen molar-refractivity contribution in [1.82, 2.24) is 10.2 Å². The lowest BCUT2D eigenvalue weighted by molar-refractivity contribution is -0.148. The van der Waals surface area contributed by atoms with Crippen LogP contribution < -0.4 is 5.32 Å². The van der Waals surface area contributed by atoms with Gasteiger partial charge in [-0.3, -0.25) is 0 Å². The second-order valence-electron chi connectivity index (χ2n) is 4.74. The van der Waals surface area contributed by atoms with Gasteiger partial charge in [0.2, 0.25) is 0 Å². The Balaban J connectivity index is 2.03. The van der Waals surface area contributed by atoms with Crippen LogP contribution in [0, 0.1) is 0 Å². The lowest BCUT2D eigenvalue weighted by atomic mass is 9.93. The van der Waals surface area contributed by atoms with Crippen LogP contribution in [0.5, 0.6) is 0 Å². The minimum Gasteiger partial charge on any atom is -0.479 e. The molecule has 1 aromatic heterocycles. The van der Waals surface area contributed by atoms with E-state index in [9.17, 15) is 14.7 Å². The first-order valence-electron chi connectivity index (χ1n) is 6.40. The zero-order valence-corrected chi connectivity index (χ0v) is 10.9. The van der Waals surface area contributed by atoms with Crippen LogP contribution in [0.2, 0.25) is 0 Å². The average molecular weight is 266 g/mol. The molecule has 1 saturated heterocycles. The highest BCUT2D eigenvalue weighted by Gasteiger charge is 2.48. The highest BCUT2D eigenvalue weighted by molar-refractivity contribution is 5.87. The maximum absolute atomic E-state index is 12.1. The molecular weight excluding hydrogens is 248 g/mol. The van der Waals surface area contributed by atoms with Crippen molar-refractivity contribution in [1.29, 1.82) is 0 Å². The summed E-state index contributed by atoms with van der Waals surface area (Å²) in [5, 5.41) is 12.1. The van der Waals surface area contributed by atoms with Gasteiger partial charge >= 0.3 is 12.0 Å². The third kappa shape index (κ3) is 2.43. The molecule has 0 radical (unpaired) electrons. The third-order valence-corrected chi connectivity index (χ3v) is 3.74. The molecule has 0 saturated carbocycles. The van der Waals surface area contributed by atoms with Gasteiger partial charge in [-0.05, 0) is 25.3 Å². The molecule has 1 aliphatic heterocycles. The molecule has 19 heavy (non-hydrogen) atoms. The molecule has 6 nitrogen and oxygen atoms in total. The summed E-state index contributed by atoms with van der Waals surface area (Å²) in [6.45, 7) is 2.62. The summed E-state index contributed by atoms with van der Waals surface area (Å²) in [6, 6.07) is 1.43. The van der Waals surface area contributed by atoms with Crippen molar-refractivity contribution in [2.75, 3.05) is 6.54 Å². The minimum atomic E-state index is -1.06. The highest BCUT2D eigenvalue weighted by Crippen LogP contribution is 2.32. The summed E-state index contributed by atoms with van der Waals surface area (Å²) in [5.41, 5.74) is -0.203. The Hall–Kier alpha value is -1.98. The number of hydrogen-bond donors (Lipinski definition) is 2. The van der Waals surface area contributed by atoms with E-state index >= 15 is 0 Å². The molecule has 2 rings (SSSR count). The number of nitrogens with one attached hydrogen (secondary N) is 1. The number of hydrogen-bond acceptors (Lipinski definition) is 3. The Morgan fingerprint density at radius 1 is 1.58 bits per heavy atom. The van der Waals surface area contributed by atoms with Crippen LogP contribution in [0.3, 0.4) is 0 Å². The predicted molar refractivity (Wildman–Crippen MR) is 67.5 cm³/mol. The fraction of sp³-hybridized carbons (Fsp3) is 0.538. The molecule has 104 valence electrons. The topological polar surface area (TPSA) is 82.8 Å². The zero-order valence-electron chi connectivity index (χ0n) is 10.9. The van der Waals surface area contributed by atoms with Crippen molar-refractivity contribution in [3.63, 3.8) is 0 Å². The van der Waals surface area contributed by atoms with E-state index in [-0.39, 0.29) is 6.03 Å². The molecule has 1 aliphatic rings. The fourth-order valence-corrected chi connectivity index (χ4v) is 2.58. The Labute approximate surface area is 111 Å². The Kier molecular flexibility index (Phi) is 3.78. The third-order valence-electron chi connectivity index (χ3n) is 3.74. The largest absolute Gasteiger partial charge is 0.479 e. The van der Waals surface area contributed by atoms with Crippen molar-refractivity contribution >= 4 is 12.0 Å². The molecule has 0 aromatic carbocycles. The predicted octanol–water partition coefficient (Wildman–Crippen LogP) is 1.82. The first kappa shape index (κ1) is 13.5. The van der Waals surface area contributed by atoms with E-state index in [1.54, 1.807) is 19.3 Å². The minimum absolute atomic E-state index is 0.331. The normalized spacial score (nSPS) is 22.5. The molecule has 1 fully saturated rings. The lowest BCUT2D eigenvalue weighted by Gasteiger charge is -2.33. The zero-order chi connectivity index (χ0) is 13.9. The monoisotopic (exact) mass is 266 g/mol. The van der Waals surface area contributed by atoms with Crippen molar-refractivity contribution in [3.8, 4) is 0 Å².